The highest BCUT2D eigenvalue weighted by Crippen LogP contribution is 2.28. The summed E-state index contributed by atoms with van der Waals surface area (Å²) in [5, 5.41) is 0. The van der Waals surface area contributed by atoms with E-state index in [0.717, 1.165) is 16.8 Å². The largest absolute Gasteiger partial charge is 0.264 e. The maximum Gasteiger partial charge on any atom is 0.0720 e. The molecule has 0 saturated carbocycles. The van der Waals surface area contributed by atoms with E-state index in [1.165, 1.54) is 22.3 Å². The molecule has 2 nitrogen and oxygen atoms in total. The molecule has 0 amide bonds. The van der Waals surface area contributed by atoms with Crippen LogP contribution in [0.25, 0.3) is 22.4 Å². The van der Waals surface area contributed by atoms with Crippen molar-refractivity contribution in [1.29, 1.82) is 0 Å². The van der Waals surface area contributed by atoms with Gasteiger partial charge in [0, 0.05) is 29.7 Å². The third-order valence-corrected chi connectivity index (χ3v) is 3.85. The normalized spacial score (nSPS) is 10.6. The number of hydrogen-bond acceptors (Lipinski definition) is 2. The first kappa shape index (κ1) is 13.5. The molecule has 0 saturated heterocycles. The van der Waals surface area contributed by atoms with Crippen molar-refractivity contribution in [2.75, 3.05) is 0 Å². The Morgan fingerprint density at radius 3 is 2.14 bits per heavy atom. The summed E-state index contributed by atoms with van der Waals surface area (Å²) in [4.78, 5) is 8.82. The van der Waals surface area contributed by atoms with E-state index in [-0.39, 0.29) is 0 Å². The Kier molecular flexibility index (Phi) is 3.53. The minimum absolute atomic E-state index is 0.968. The molecule has 0 spiro atoms. The van der Waals surface area contributed by atoms with E-state index < -0.39 is 0 Å². The van der Waals surface area contributed by atoms with Crippen molar-refractivity contribution < 1.29 is 0 Å². The topological polar surface area (TPSA) is 25.8 Å². The van der Waals surface area contributed by atoms with E-state index in [0.29, 0.717) is 0 Å². The van der Waals surface area contributed by atoms with E-state index >= 15 is 0 Å². The van der Waals surface area contributed by atoms with E-state index in [4.69, 9.17) is 0 Å². The van der Waals surface area contributed by atoms with Gasteiger partial charge in [-0.2, -0.15) is 0 Å². The molecular formula is C19H18N2. The Hall–Kier alpha value is -2.48. The Morgan fingerprint density at radius 1 is 0.762 bits per heavy atom. The van der Waals surface area contributed by atoms with Crippen molar-refractivity contribution in [3.63, 3.8) is 0 Å². The fraction of sp³-hybridized carbons (Fsp3) is 0.158. The fourth-order valence-electron chi connectivity index (χ4n) is 2.70. The second kappa shape index (κ2) is 5.49. The molecular weight excluding hydrogens is 256 g/mol. The average Bonchev–Trinajstić information content (AvgIpc) is 2.48. The van der Waals surface area contributed by atoms with Gasteiger partial charge in [-0.3, -0.25) is 9.97 Å². The standard InChI is InChI=1S/C19H18N2/c1-13-9-10-20-12-17(13)18-8-7-16(11-21-18)19-14(2)5-4-6-15(19)3/h4-12H,1-3H3. The molecule has 21 heavy (non-hydrogen) atoms. The monoisotopic (exact) mass is 274 g/mol. The van der Waals surface area contributed by atoms with Gasteiger partial charge in [0.2, 0.25) is 0 Å². The molecule has 2 heterocycles. The Balaban J connectivity index is 2.04. The molecule has 0 N–H and O–H groups in total. The van der Waals surface area contributed by atoms with Crippen LogP contribution < -0.4 is 0 Å². The highest BCUT2D eigenvalue weighted by Gasteiger charge is 2.07. The summed E-state index contributed by atoms with van der Waals surface area (Å²) in [5.41, 5.74) is 8.25. The number of aryl methyl sites for hydroxylation is 3. The predicted octanol–water partition coefficient (Wildman–Crippen LogP) is 4.74. The van der Waals surface area contributed by atoms with Crippen molar-refractivity contribution in [3.8, 4) is 22.4 Å². The minimum atomic E-state index is 0.968. The highest BCUT2D eigenvalue weighted by molar-refractivity contribution is 5.72. The molecule has 0 radical (unpaired) electrons. The maximum absolute atomic E-state index is 4.63. The van der Waals surface area contributed by atoms with Crippen molar-refractivity contribution in [2.45, 2.75) is 20.8 Å². The number of aromatic nitrogens is 2. The van der Waals surface area contributed by atoms with Crippen LogP contribution in [0.5, 0.6) is 0 Å². The number of nitrogens with zero attached hydrogens (tertiary/aromatic N) is 2. The summed E-state index contributed by atoms with van der Waals surface area (Å²) >= 11 is 0. The van der Waals surface area contributed by atoms with Crippen LogP contribution in [0.4, 0.5) is 0 Å². The first-order valence-corrected chi connectivity index (χ1v) is 7.10. The molecule has 2 heteroatoms. The summed E-state index contributed by atoms with van der Waals surface area (Å²) in [6, 6.07) is 12.6. The van der Waals surface area contributed by atoms with Gasteiger partial charge in [-0.25, -0.2) is 0 Å². The molecule has 1 aromatic carbocycles. The molecule has 0 fully saturated rings. The Morgan fingerprint density at radius 2 is 1.52 bits per heavy atom. The van der Waals surface area contributed by atoms with Gasteiger partial charge in [0.05, 0.1) is 5.69 Å². The lowest BCUT2D eigenvalue weighted by Crippen LogP contribution is -1.91. The number of pyridine rings is 2. The molecule has 0 unspecified atom stereocenters. The SMILES string of the molecule is Cc1ccncc1-c1ccc(-c2c(C)cccc2C)cn1. The van der Waals surface area contributed by atoms with Crippen LogP contribution in [0.1, 0.15) is 16.7 Å². The third kappa shape index (κ3) is 2.57. The molecule has 3 rings (SSSR count). The summed E-state index contributed by atoms with van der Waals surface area (Å²) in [6.45, 7) is 6.36. The van der Waals surface area contributed by atoms with E-state index in [9.17, 15) is 0 Å². The van der Waals surface area contributed by atoms with Gasteiger partial charge in [0.25, 0.3) is 0 Å². The van der Waals surface area contributed by atoms with Crippen LogP contribution in [0.3, 0.4) is 0 Å². The van der Waals surface area contributed by atoms with Gasteiger partial charge in [0.1, 0.15) is 0 Å². The summed E-state index contributed by atoms with van der Waals surface area (Å²) < 4.78 is 0. The van der Waals surface area contributed by atoms with E-state index in [1.54, 1.807) is 0 Å². The zero-order valence-corrected chi connectivity index (χ0v) is 12.6. The lowest BCUT2D eigenvalue weighted by atomic mass is 9.96. The molecule has 0 aliphatic carbocycles. The summed E-state index contributed by atoms with van der Waals surface area (Å²) in [7, 11) is 0. The molecule has 0 atom stereocenters. The summed E-state index contributed by atoms with van der Waals surface area (Å²) in [6.07, 6.45) is 5.64. The highest BCUT2D eigenvalue weighted by atomic mass is 14.7. The zero-order chi connectivity index (χ0) is 14.8. The molecule has 3 aromatic rings. The molecule has 2 aromatic heterocycles. The lowest BCUT2D eigenvalue weighted by molar-refractivity contribution is 1.24. The van der Waals surface area contributed by atoms with Gasteiger partial charge in [-0.1, -0.05) is 24.3 Å². The Bertz CT molecular complexity index is 754. The second-order valence-electron chi connectivity index (χ2n) is 5.39. The van der Waals surface area contributed by atoms with Gasteiger partial charge in [0.15, 0.2) is 0 Å². The lowest BCUT2D eigenvalue weighted by Gasteiger charge is -2.10. The van der Waals surface area contributed by atoms with Crippen LogP contribution in [-0.4, -0.2) is 9.97 Å². The Labute approximate surface area is 125 Å². The van der Waals surface area contributed by atoms with Crippen LogP contribution in [0.2, 0.25) is 0 Å². The minimum Gasteiger partial charge on any atom is -0.264 e. The van der Waals surface area contributed by atoms with Crippen molar-refractivity contribution in [2.24, 2.45) is 0 Å². The quantitative estimate of drug-likeness (QED) is 0.674. The van der Waals surface area contributed by atoms with Gasteiger partial charge >= 0.3 is 0 Å². The summed E-state index contributed by atoms with van der Waals surface area (Å²) in [5.74, 6) is 0. The van der Waals surface area contributed by atoms with Crippen molar-refractivity contribution in [1.82, 2.24) is 9.97 Å². The number of hydrogen-bond donors (Lipinski definition) is 0. The molecule has 0 bridgehead atoms. The maximum atomic E-state index is 4.63. The molecule has 0 aliphatic heterocycles. The van der Waals surface area contributed by atoms with Crippen LogP contribution >= 0.6 is 0 Å². The average molecular weight is 274 g/mol. The van der Waals surface area contributed by atoms with E-state index in [2.05, 4.69) is 61.1 Å². The van der Waals surface area contributed by atoms with Crippen LogP contribution in [0.15, 0.2) is 55.0 Å². The third-order valence-electron chi connectivity index (χ3n) is 3.85. The van der Waals surface area contributed by atoms with E-state index in [1.807, 2.05) is 24.7 Å². The van der Waals surface area contributed by atoms with Gasteiger partial charge < -0.3 is 0 Å². The number of benzene rings is 1. The fourth-order valence-corrected chi connectivity index (χ4v) is 2.70. The molecule has 0 aliphatic rings. The van der Waals surface area contributed by atoms with Crippen LogP contribution in [0, 0.1) is 20.8 Å². The van der Waals surface area contributed by atoms with Crippen molar-refractivity contribution in [3.05, 3.63) is 71.7 Å². The molecule has 104 valence electrons. The number of rotatable bonds is 2. The van der Waals surface area contributed by atoms with Gasteiger partial charge in [-0.05, 0) is 55.2 Å². The first-order valence-electron chi connectivity index (χ1n) is 7.10. The first-order chi connectivity index (χ1) is 10.2. The van der Waals surface area contributed by atoms with Gasteiger partial charge in [-0.15, -0.1) is 0 Å². The predicted molar refractivity (Wildman–Crippen MR) is 87.1 cm³/mol. The van der Waals surface area contributed by atoms with Crippen LogP contribution in [-0.2, 0) is 0 Å². The second-order valence-corrected chi connectivity index (χ2v) is 5.39. The zero-order valence-electron chi connectivity index (χ0n) is 12.6. The van der Waals surface area contributed by atoms with Crippen molar-refractivity contribution >= 4 is 0 Å². The smallest absolute Gasteiger partial charge is 0.0720 e.